The van der Waals surface area contributed by atoms with E-state index in [0.717, 1.165) is 19.1 Å². The molecule has 0 spiro atoms. The van der Waals surface area contributed by atoms with Crippen molar-refractivity contribution < 1.29 is 17.6 Å². The van der Waals surface area contributed by atoms with E-state index in [1.165, 1.54) is 18.2 Å². The van der Waals surface area contributed by atoms with E-state index in [2.05, 4.69) is 10.0 Å². The average Bonchev–Trinajstić information content (AvgIpc) is 2.49. The molecule has 1 amide bonds. The van der Waals surface area contributed by atoms with Gasteiger partial charge in [-0.1, -0.05) is 11.6 Å². The van der Waals surface area contributed by atoms with Crippen molar-refractivity contribution in [2.75, 3.05) is 18.1 Å². The summed E-state index contributed by atoms with van der Waals surface area (Å²) in [5.41, 5.74) is 0.474. The molecule has 0 heterocycles. The highest BCUT2D eigenvalue weighted by Gasteiger charge is 2.26. The van der Waals surface area contributed by atoms with Gasteiger partial charge in [0.25, 0.3) is 0 Å². The summed E-state index contributed by atoms with van der Waals surface area (Å²) in [6, 6.07) is 4.07. The van der Waals surface area contributed by atoms with Crippen LogP contribution in [0.1, 0.15) is 25.7 Å². The number of halogens is 2. The van der Waals surface area contributed by atoms with Crippen LogP contribution in [0.4, 0.5) is 10.1 Å². The number of hydrogen-bond donors (Lipinski definition) is 2. The van der Waals surface area contributed by atoms with Gasteiger partial charge in [0, 0.05) is 18.2 Å². The second-order valence-electron chi connectivity index (χ2n) is 5.96. The summed E-state index contributed by atoms with van der Waals surface area (Å²) in [4.78, 5) is 12.2. The van der Waals surface area contributed by atoms with E-state index in [-0.39, 0.29) is 22.8 Å². The first-order valence-electron chi connectivity index (χ1n) is 7.45. The average molecular weight is 363 g/mol. The second kappa shape index (κ2) is 7.59. The summed E-state index contributed by atoms with van der Waals surface area (Å²) in [6.45, 7) is 0.417. The maximum absolute atomic E-state index is 13.1. The molecule has 0 radical (unpaired) electrons. The van der Waals surface area contributed by atoms with Crippen LogP contribution < -0.4 is 10.0 Å². The van der Waals surface area contributed by atoms with E-state index in [1.807, 2.05) is 0 Å². The molecule has 1 aliphatic rings. The predicted molar refractivity (Wildman–Crippen MR) is 88.3 cm³/mol. The molecule has 2 rings (SSSR count). The Bertz CT molecular complexity index is 673. The van der Waals surface area contributed by atoms with E-state index < -0.39 is 15.8 Å². The number of carbonyl (C=O) groups excluding carboxylic acids is 1. The molecule has 0 bridgehead atoms. The number of rotatable bonds is 5. The molecule has 8 heteroatoms. The summed E-state index contributed by atoms with van der Waals surface area (Å²) in [5.74, 6) is -0.492. The van der Waals surface area contributed by atoms with Crippen molar-refractivity contribution in [3.8, 4) is 0 Å². The van der Waals surface area contributed by atoms with E-state index in [9.17, 15) is 17.6 Å². The van der Waals surface area contributed by atoms with Crippen molar-refractivity contribution in [3.05, 3.63) is 29.0 Å². The summed E-state index contributed by atoms with van der Waals surface area (Å²) in [7, 11) is -3.17. The molecule has 1 aromatic rings. The standard InChI is InChI=1S/C15H20ClFN2O3S/c1-23(21,22)18-9-10-2-4-11(5-3-10)15(20)19-12-6-7-14(17)13(16)8-12/h6-8,10-11,18H,2-5,9H2,1H3,(H,19,20). The van der Waals surface area contributed by atoms with Crippen molar-refractivity contribution >= 4 is 33.2 Å². The molecule has 1 aromatic carbocycles. The molecule has 0 aromatic heterocycles. The Kier molecular flexibility index (Phi) is 6.00. The van der Waals surface area contributed by atoms with Gasteiger partial charge in [0.1, 0.15) is 5.82 Å². The fraction of sp³-hybridized carbons (Fsp3) is 0.533. The quantitative estimate of drug-likeness (QED) is 0.845. The zero-order valence-corrected chi connectivity index (χ0v) is 14.4. The fourth-order valence-corrected chi connectivity index (χ4v) is 3.44. The minimum absolute atomic E-state index is 0.0293. The largest absolute Gasteiger partial charge is 0.326 e. The molecular formula is C15H20ClFN2O3S. The minimum atomic E-state index is -3.17. The lowest BCUT2D eigenvalue weighted by Gasteiger charge is -2.27. The molecule has 0 saturated heterocycles. The van der Waals surface area contributed by atoms with Gasteiger partial charge in [-0.15, -0.1) is 0 Å². The molecule has 1 fully saturated rings. The van der Waals surface area contributed by atoms with Crippen LogP contribution in [0.3, 0.4) is 0 Å². The molecule has 128 valence electrons. The number of amides is 1. The molecule has 0 aliphatic heterocycles. The van der Waals surface area contributed by atoms with Crippen LogP contribution in [0.15, 0.2) is 18.2 Å². The fourth-order valence-electron chi connectivity index (χ4n) is 2.72. The van der Waals surface area contributed by atoms with Crippen molar-refractivity contribution in [2.24, 2.45) is 11.8 Å². The number of hydrogen-bond acceptors (Lipinski definition) is 3. The first kappa shape index (κ1) is 18.2. The summed E-state index contributed by atoms with van der Waals surface area (Å²) >= 11 is 5.69. The first-order chi connectivity index (χ1) is 10.7. The van der Waals surface area contributed by atoms with Gasteiger partial charge < -0.3 is 5.32 Å². The van der Waals surface area contributed by atoms with Gasteiger partial charge in [-0.2, -0.15) is 0 Å². The van der Waals surface area contributed by atoms with Gasteiger partial charge in [-0.05, 0) is 49.8 Å². The van der Waals surface area contributed by atoms with E-state index in [0.29, 0.717) is 25.1 Å². The van der Waals surface area contributed by atoms with Crippen LogP contribution in [-0.2, 0) is 14.8 Å². The third-order valence-corrected chi connectivity index (χ3v) is 5.02. The lowest BCUT2D eigenvalue weighted by atomic mass is 9.81. The maximum Gasteiger partial charge on any atom is 0.227 e. The third-order valence-electron chi connectivity index (χ3n) is 4.04. The summed E-state index contributed by atoms with van der Waals surface area (Å²) in [5, 5.41) is 2.72. The lowest BCUT2D eigenvalue weighted by molar-refractivity contribution is -0.121. The van der Waals surface area contributed by atoms with E-state index in [4.69, 9.17) is 11.6 Å². The number of carbonyl (C=O) groups is 1. The van der Waals surface area contributed by atoms with Crippen molar-refractivity contribution in [3.63, 3.8) is 0 Å². The number of nitrogens with one attached hydrogen (secondary N) is 2. The van der Waals surface area contributed by atoms with Gasteiger partial charge in [-0.25, -0.2) is 17.5 Å². The van der Waals surface area contributed by atoms with Crippen molar-refractivity contribution in [1.82, 2.24) is 4.72 Å². The van der Waals surface area contributed by atoms with Crippen LogP contribution in [0.25, 0.3) is 0 Å². The monoisotopic (exact) mass is 362 g/mol. The Morgan fingerprint density at radius 2 is 1.96 bits per heavy atom. The first-order valence-corrected chi connectivity index (χ1v) is 9.72. The Hall–Kier alpha value is -1.18. The Morgan fingerprint density at radius 1 is 1.30 bits per heavy atom. The topological polar surface area (TPSA) is 75.3 Å². The van der Waals surface area contributed by atoms with Crippen LogP contribution >= 0.6 is 11.6 Å². The Balaban J connectivity index is 1.82. The van der Waals surface area contributed by atoms with E-state index >= 15 is 0 Å². The summed E-state index contributed by atoms with van der Waals surface area (Å²) in [6.07, 6.45) is 4.14. The van der Waals surface area contributed by atoms with Gasteiger partial charge in [-0.3, -0.25) is 4.79 Å². The van der Waals surface area contributed by atoms with Gasteiger partial charge in [0.15, 0.2) is 0 Å². The van der Waals surface area contributed by atoms with Gasteiger partial charge in [0.05, 0.1) is 11.3 Å². The van der Waals surface area contributed by atoms with Crippen molar-refractivity contribution in [1.29, 1.82) is 0 Å². The normalized spacial score (nSPS) is 21.9. The maximum atomic E-state index is 13.1. The van der Waals surface area contributed by atoms with Crippen LogP contribution in [0.2, 0.25) is 5.02 Å². The molecule has 1 aliphatic carbocycles. The Labute approximate surface area is 140 Å². The van der Waals surface area contributed by atoms with E-state index in [1.54, 1.807) is 0 Å². The molecule has 2 N–H and O–H groups in total. The number of benzene rings is 1. The smallest absolute Gasteiger partial charge is 0.227 e. The third kappa shape index (κ3) is 5.75. The summed E-state index contributed by atoms with van der Waals surface area (Å²) < 4.78 is 37.8. The van der Waals surface area contributed by atoms with Crippen LogP contribution in [0.5, 0.6) is 0 Å². The number of anilines is 1. The highest BCUT2D eigenvalue weighted by Crippen LogP contribution is 2.30. The van der Waals surface area contributed by atoms with Gasteiger partial charge >= 0.3 is 0 Å². The molecular weight excluding hydrogens is 343 g/mol. The molecule has 1 saturated carbocycles. The molecule has 5 nitrogen and oxygen atoms in total. The molecule has 0 atom stereocenters. The predicted octanol–water partition coefficient (Wildman–Crippen LogP) is 2.77. The molecule has 23 heavy (non-hydrogen) atoms. The second-order valence-corrected chi connectivity index (χ2v) is 8.20. The SMILES string of the molecule is CS(=O)(=O)NCC1CCC(C(=O)Nc2ccc(F)c(Cl)c2)CC1. The molecule has 0 unspecified atom stereocenters. The van der Waals surface area contributed by atoms with Crippen molar-refractivity contribution in [2.45, 2.75) is 25.7 Å². The highest BCUT2D eigenvalue weighted by molar-refractivity contribution is 7.88. The Morgan fingerprint density at radius 3 is 2.52 bits per heavy atom. The zero-order valence-electron chi connectivity index (χ0n) is 12.8. The van der Waals surface area contributed by atoms with Crippen LogP contribution in [0, 0.1) is 17.7 Å². The van der Waals surface area contributed by atoms with Crippen LogP contribution in [-0.4, -0.2) is 27.1 Å². The highest BCUT2D eigenvalue weighted by atomic mass is 35.5. The zero-order chi connectivity index (χ0) is 17.0. The lowest BCUT2D eigenvalue weighted by Crippen LogP contribution is -2.33. The number of sulfonamides is 1. The minimum Gasteiger partial charge on any atom is -0.326 e. The van der Waals surface area contributed by atoms with Gasteiger partial charge in [0.2, 0.25) is 15.9 Å².